The van der Waals surface area contributed by atoms with Crippen molar-refractivity contribution in [1.29, 1.82) is 0 Å². The van der Waals surface area contributed by atoms with E-state index in [0.717, 1.165) is 28.5 Å². The summed E-state index contributed by atoms with van der Waals surface area (Å²) in [6.45, 7) is 5.12. The highest BCUT2D eigenvalue weighted by Gasteiger charge is 2.39. The number of hydrogen-bond acceptors (Lipinski definition) is 6. The number of nitrogens with zero attached hydrogens (tertiary/aromatic N) is 6. The maximum Gasteiger partial charge on any atom is 0.434 e. The van der Waals surface area contributed by atoms with Gasteiger partial charge in [-0.2, -0.15) is 31.4 Å². The van der Waals surface area contributed by atoms with Crippen molar-refractivity contribution in [3.05, 3.63) is 57.9 Å². The van der Waals surface area contributed by atoms with E-state index >= 15 is 0 Å². The summed E-state index contributed by atoms with van der Waals surface area (Å²) in [5, 5.41) is 5.29. The minimum Gasteiger partial charge on any atom is -0.367 e. The second-order valence-corrected chi connectivity index (χ2v) is 10.6. The molecule has 2 aromatic heterocycles. The Labute approximate surface area is 224 Å². The molecule has 5 rings (SSSR count). The first kappa shape index (κ1) is 27.3. The third-order valence-corrected chi connectivity index (χ3v) is 8.01. The van der Waals surface area contributed by atoms with Crippen LogP contribution in [0.1, 0.15) is 35.0 Å². The van der Waals surface area contributed by atoms with Crippen LogP contribution in [0.15, 0.2) is 29.8 Å². The van der Waals surface area contributed by atoms with Crippen LogP contribution >= 0.6 is 11.3 Å². The molecule has 1 amide bonds. The fourth-order valence-corrected chi connectivity index (χ4v) is 6.11. The van der Waals surface area contributed by atoms with Gasteiger partial charge in [-0.05, 0) is 49.6 Å². The molecule has 1 saturated heterocycles. The normalized spacial score (nSPS) is 18.5. The maximum atomic E-state index is 13.9. The molecule has 39 heavy (non-hydrogen) atoms. The Bertz CT molecular complexity index is 1370. The van der Waals surface area contributed by atoms with Crippen molar-refractivity contribution in [2.45, 2.75) is 51.8 Å². The number of amides is 1. The smallest absolute Gasteiger partial charge is 0.367 e. The van der Waals surface area contributed by atoms with E-state index in [4.69, 9.17) is 0 Å². The molecule has 0 N–H and O–H groups in total. The minimum absolute atomic E-state index is 0.00553. The first-order valence-corrected chi connectivity index (χ1v) is 13.2. The van der Waals surface area contributed by atoms with E-state index in [1.165, 1.54) is 6.07 Å². The summed E-state index contributed by atoms with van der Waals surface area (Å²) in [5.41, 5.74) is 0.235. The Balaban J connectivity index is 1.39. The number of piperazine rings is 1. The third kappa shape index (κ3) is 5.56. The summed E-state index contributed by atoms with van der Waals surface area (Å²) in [6, 6.07) is 4.11. The lowest BCUT2D eigenvalue weighted by molar-refractivity contribution is -0.141. The van der Waals surface area contributed by atoms with Crippen LogP contribution in [-0.4, -0.2) is 57.8 Å². The molecule has 1 atom stereocenters. The number of aryl methyl sites for hydroxylation is 1. The van der Waals surface area contributed by atoms with Crippen molar-refractivity contribution in [3.63, 3.8) is 0 Å². The number of benzene rings is 1. The molecular formula is C25H26F6N6OS. The lowest BCUT2D eigenvalue weighted by Crippen LogP contribution is -2.55. The Morgan fingerprint density at radius 3 is 2.41 bits per heavy atom. The van der Waals surface area contributed by atoms with E-state index in [1.807, 2.05) is 18.7 Å². The van der Waals surface area contributed by atoms with Crippen molar-refractivity contribution < 1.29 is 31.1 Å². The highest BCUT2D eigenvalue weighted by Crippen LogP contribution is 2.42. The fraction of sp³-hybridized carbons (Fsp3) is 0.480. The molecule has 3 aromatic rings. The van der Waals surface area contributed by atoms with Crippen LogP contribution < -0.4 is 9.80 Å². The van der Waals surface area contributed by atoms with Crippen LogP contribution in [0, 0.1) is 6.92 Å². The molecule has 2 aliphatic rings. The van der Waals surface area contributed by atoms with E-state index in [9.17, 15) is 31.1 Å². The number of alkyl halides is 6. The van der Waals surface area contributed by atoms with Gasteiger partial charge in [0.25, 0.3) is 0 Å². The van der Waals surface area contributed by atoms with Crippen LogP contribution in [0.25, 0.3) is 0 Å². The SMILES string of the molecule is Cc1ccn(CC(=O)N2CCN(c3ccc(C(F)(F)F)c4c3CN(c3nc(C(F)(F)F)cs3)CC4)C[C@H]2C)n1. The number of rotatable bonds is 4. The molecule has 14 heteroatoms. The average Bonchev–Trinajstić information content (AvgIpc) is 3.51. The number of thiazole rings is 1. The predicted octanol–water partition coefficient (Wildman–Crippen LogP) is 4.99. The van der Waals surface area contributed by atoms with E-state index in [2.05, 4.69) is 10.1 Å². The number of carbonyl (C=O) groups is 1. The molecule has 210 valence electrons. The highest BCUT2D eigenvalue weighted by molar-refractivity contribution is 7.13. The summed E-state index contributed by atoms with van der Waals surface area (Å²) in [7, 11) is 0. The van der Waals surface area contributed by atoms with Crippen molar-refractivity contribution in [3.8, 4) is 0 Å². The largest absolute Gasteiger partial charge is 0.434 e. The zero-order valence-electron chi connectivity index (χ0n) is 21.2. The number of halogens is 6. The van der Waals surface area contributed by atoms with Gasteiger partial charge in [0.15, 0.2) is 10.8 Å². The maximum absolute atomic E-state index is 13.9. The van der Waals surface area contributed by atoms with Crippen LogP contribution in [0.4, 0.5) is 37.2 Å². The van der Waals surface area contributed by atoms with Gasteiger partial charge >= 0.3 is 12.4 Å². The molecule has 1 fully saturated rings. The van der Waals surface area contributed by atoms with Gasteiger partial charge in [-0.3, -0.25) is 9.48 Å². The first-order chi connectivity index (χ1) is 18.3. The van der Waals surface area contributed by atoms with Gasteiger partial charge in [0.05, 0.1) is 11.3 Å². The summed E-state index contributed by atoms with van der Waals surface area (Å²) in [6.07, 6.45) is -7.40. The van der Waals surface area contributed by atoms with Crippen LogP contribution in [0.3, 0.4) is 0 Å². The zero-order valence-corrected chi connectivity index (χ0v) is 22.0. The number of aromatic nitrogens is 3. The number of hydrogen-bond donors (Lipinski definition) is 0. The molecule has 0 bridgehead atoms. The summed E-state index contributed by atoms with van der Waals surface area (Å²) < 4.78 is 82.5. The predicted molar refractivity (Wildman–Crippen MR) is 134 cm³/mol. The van der Waals surface area contributed by atoms with Crippen LogP contribution in [0.5, 0.6) is 0 Å². The molecule has 0 unspecified atom stereocenters. The van der Waals surface area contributed by atoms with Crippen LogP contribution in [0.2, 0.25) is 0 Å². The van der Waals surface area contributed by atoms with Crippen molar-refractivity contribution >= 4 is 28.1 Å². The van der Waals surface area contributed by atoms with Gasteiger partial charge in [0, 0.05) is 56.0 Å². The number of carbonyl (C=O) groups excluding carboxylic acids is 1. The molecule has 0 spiro atoms. The molecule has 4 heterocycles. The Hall–Kier alpha value is -3.29. The topological polar surface area (TPSA) is 57.5 Å². The van der Waals surface area contributed by atoms with Gasteiger partial charge in [0.1, 0.15) is 6.54 Å². The summed E-state index contributed by atoms with van der Waals surface area (Å²) >= 11 is 0.823. The zero-order chi connectivity index (χ0) is 28.1. The number of anilines is 2. The average molecular weight is 573 g/mol. The van der Waals surface area contributed by atoms with Crippen molar-refractivity contribution in [2.24, 2.45) is 0 Å². The number of fused-ring (bicyclic) bond motifs is 1. The van der Waals surface area contributed by atoms with Gasteiger partial charge in [0.2, 0.25) is 5.91 Å². The van der Waals surface area contributed by atoms with E-state index in [0.29, 0.717) is 30.9 Å². The summed E-state index contributed by atoms with van der Waals surface area (Å²) in [4.78, 5) is 21.9. The molecule has 0 aliphatic carbocycles. The third-order valence-electron chi connectivity index (χ3n) is 7.11. The van der Waals surface area contributed by atoms with Gasteiger partial charge in [-0.1, -0.05) is 0 Å². The standard InChI is InChI=1S/C25H26F6N6OS/c1-15-5-8-36(33-15)13-22(38)37-10-9-34(11-16(37)2)20-4-3-19(24(26,27)28)17-6-7-35(12-18(17)20)23-32-21(14-39-23)25(29,30)31/h3-5,8,14,16H,6-7,9-13H2,1-2H3/t16-/m1/s1. The van der Waals surface area contributed by atoms with Crippen LogP contribution in [-0.2, 0) is 36.7 Å². The first-order valence-electron chi connectivity index (χ1n) is 12.4. The highest BCUT2D eigenvalue weighted by atomic mass is 32.1. The molecule has 0 saturated carbocycles. The minimum atomic E-state index is -4.60. The molecule has 7 nitrogen and oxygen atoms in total. The monoisotopic (exact) mass is 572 g/mol. The Morgan fingerprint density at radius 2 is 1.79 bits per heavy atom. The second-order valence-electron chi connectivity index (χ2n) is 9.81. The molecule has 2 aliphatic heterocycles. The molecule has 1 aromatic carbocycles. The van der Waals surface area contributed by atoms with Gasteiger partial charge < -0.3 is 14.7 Å². The lowest BCUT2D eigenvalue weighted by atomic mass is 9.91. The quantitative estimate of drug-likeness (QED) is 0.413. The lowest BCUT2D eigenvalue weighted by Gasteiger charge is -2.43. The van der Waals surface area contributed by atoms with E-state index in [1.54, 1.807) is 26.7 Å². The van der Waals surface area contributed by atoms with E-state index < -0.39 is 23.6 Å². The Morgan fingerprint density at radius 1 is 1.03 bits per heavy atom. The molecule has 0 radical (unpaired) electrons. The summed E-state index contributed by atoms with van der Waals surface area (Å²) in [5.74, 6) is -0.102. The molecular weight excluding hydrogens is 546 g/mol. The van der Waals surface area contributed by atoms with E-state index in [-0.39, 0.29) is 48.7 Å². The van der Waals surface area contributed by atoms with Gasteiger partial charge in [-0.25, -0.2) is 4.98 Å². The fourth-order valence-electron chi connectivity index (χ4n) is 5.25. The van der Waals surface area contributed by atoms with Crippen molar-refractivity contribution in [1.82, 2.24) is 19.7 Å². The second kappa shape index (κ2) is 10.0. The Kier molecular flexibility index (Phi) is 7.02. The van der Waals surface area contributed by atoms with Gasteiger partial charge in [-0.15, -0.1) is 11.3 Å². The van der Waals surface area contributed by atoms with Crippen molar-refractivity contribution in [2.75, 3.05) is 36.0 Å².